The molecule has 1 radical (unpaired) electrons. The zero-order valence-corrected chi connectivity index (χ0v) is 23.5. The Labute approximate surface area is 238 Å². The van der Waals surface area contributed by atoms with E-state index in [1.807, 2.05) is 0 Å². The molecule has 3 N–H and O–H groups in total. The summed E-state index contributed by atoms with van der Waals surface area (Å²) < 4.78 is 59.1. The molecular formula is C25H26F4N3O2SY-. The number of benzene rings is 2. The first-order chi connectivity index (χ1) is 16.5. The molecule has 2 aromatic carbocycles. The maximum atomic E-state index is 14.6. The molecule has 0 aromatic heterocycles. The van der Waals surface area contributed by atoms with Gasteiger partial charge in [0.1, 0.15) is 5.76 Å². The second-order valence-corrected chi connectivity index (χ2v) is 7.54. The van der Waals surface area contributed by atoms with Crippen LogP contribution in [0.2, 0.25) is 0 Å². The Bertz CT molecular complexity index is 1130. The van der Waals surface area contributed by atoms with E-state index >= 15 is 0 Å². The molecule has 0 heterocycles. The minimum absolute atomic E-state index is 0. The number of ether oxygens (including phenoxy) is 1. The van der Waals surface area contributed by atoms with E-state index in [9.17, 15) is 22.4 Å². The van der Waals surface area contributed by atoms with Gasteiger partial charge in [0.2, 0.25) is 5.91 Å². The number of hydrogen-bond donors (Lipinski definition) is 3. The standard InChI is InChI=1S/C24H22F4N3O2.CH4S.Y/c1-3-4-20(9-14(2)30-23(32)15-5-6-15)33-22-8-7-18(13-21(22)25)31-19-11-16(24(26,27)28)10-17(29)12-19;1-2;/h3-4,7-13,15H,1,5-6,29H2,2H3,(H,30,32);2H,1H3;/q-1;;/b14-9+,20-4+;;. The van der Waals surface area contributed by atoms with Crippen LogP contribution in [0.25, 0.3) is 5.32 Å². The van der Waals surface area contributed by atoms with Gasteiger partial charge in [0.15, 0.2) is 11.6 Å². The quantitative estimate of drug-likeness (QED) is 0.0992. The van der Waals surface area contributed by atoms with E-state index in [-0.39, 0.29) is 73.1 Å². The van der Waals surface area contributed by atoms with Gasteiger partial charge in [-0.2, -0.15) is 25.8 Å². The molecule has 0 aliphatic heterocycles. The summed E-state index contributed by atoms with van der Waals surface area (Å²) in [6, 6.07) is 6.61. The molecule has 5 nitrogen and oxygen atoms in total. The van der Waals surface area contributed by atoms with E-state index in [1.54, 1.807) is 13.2 Å². The van der Waals surface area contributed by atoms with Gasteiger partial charge in [0.25, 0.3) is 0 Å². The number of nitrogens with one attached hydrogen (secondary N) is 1. The number of carbonyl (C=O) groups excluding carboxylic acids is 1. The van der Waals surface area contributed by atoms with Gasteiger partial charge in [0.05, 0.1) is 5.56 Å². The molecule has 1 aliphatic rings. The van der Waals surface area contributed by atoms with Crippen LogP contribution in [0, 0.1) is 11.7 Å². The Morgan fingerprint density at radius 1 is 1.19 bits per heavy atom. The van der Waals surface area contributed by atoms with Crippen LogP contribution in [0.1, 0.15) is 25.3 Å². The summed E-state index contributed by atoms with van der Waals surface area (Å²) in [5.41, 5.74) is 5.02. The van der Waals surface area contributed by atoms with Gasteiger partial charge in [-0.1, -0.05) is 30.9 Å². The normalized spacial score (nSPS) is 13.5. The number of rotatable bonds is 8. The first kappa shape index (κ1) is 31.7. The predicted octanol–water partition coefficient (Wildman–Crippen LogP) is 7.19. The summed E-state index contributed by atoms with van der Waals surface area (Å²) in [6.07, 6.45) is 3.31. The van der Waals surface area contributed by atoms with Crippen LogP contribution in [0.5, 0.6) is 5.75 Å². The van der Waals surface area contributed by atoms with Crippen molar-refractivity contribution in [2.45, 2.75) is 25.9 Å². The number of nitrogens with two attached hydrogens (primary N) is 1. The fraction of sp³-hybridized carbons (Fsp3) is 0.240. The van der Waals surface area contributed by atoms with Crippen LogP contribution in [0.3, 0.4) is 0 Å². The van der Waals surface area contributed by atoms with E-state index in [1.165, 1.54) is 36.4 Å². The van der Waals surface area contributed by atoms with Gasteiger partial charge in [0, 0.05) is 50.0 Å². The van der Waals surface area contributed by atoms with Crippen molar-refractivity contribution < 1.29 is 59.8 Å². The third-order valence-corrected chi connectivity index (χ3v) is 4.58. The number of anilines is 1. The van der Waals surface area contributed by atoms with Gasteiger partial charge in [-0.05, 0) is 56.4 Å². The molecule has 1 amide bonds. The number of alkyl halides is 3. The topological polar surface area (TPSA) is 78.5 Å². The van der Waals surface area contributed by atoms with Crippen molar-refractivity contribution in [3.05, 3.63) is 89.4 Å². The van der Waals surface area contributed by atoms with Crippen molar-refractivity contribution in [1.29, 1.82) is 0 Å². The van der Waals surface area contributed by atoms with Crippen LogP contribution in [-0.2, 0) is 43.7 Å². The average Bonchev–Trinajstić information content (AvgIpc) is 3.62. The first-order valence-electron chi connectivity index (χ1n) is 10.5. The third kappa shape index (κ3) is 9.99. The number of allylic oxidation sites excluding steroid dienone is 4. The molecule has 0 spiro atoms. The summed E-state index contributed by atoms with van der Waals surface area (Å²) in [7, 11) is 0. The summed E-state index contributed by atoms with van der Waals surface area (Å²) in [6.45, 7) is 5.27. The minimum Gasteiger partial charge on any atom is -0.658 e. The molecule has 0 saturated heterocycles. The Kier molecular flexibility index (Phi) is 12.7. The largest absolute Gasteiger partial charge is 0.658 e. The maximum absolute atomic E-state index is 14.6. The fourth-order valence-electron chi connectivity index (χ4n) is 2.90. The van der Waals surface area contributed by atoms with Crippen LogP contribution in [0.4, 0.5) is 34.6 Å². The molecule has 0 bridgehead atoms. The second-order valence-electron chi connectivity index (χ2n) is 7.54. The number of nitrogens with zero attached hydrogens (tertiary/aromatic N) is 1. The van der Waals surface area contributed by atoms with Crippen LogP contribution >= 0.6 is 12.6 Å². The fourth-order valence-corrected chi connectivity index (χ4v) is 2.90. The van der Waals surface area contributed by atoms with Crippen molar-refractivity contribution in [2.75, 3.05) is 12.0 Å². The Balaban J connectivity index is 0.00000211. The van der Waals surface area contributed by atoms with Crippen LogP contribution < -0.4 is 15.8 Å². The number of carbonyl (C=O) groups is 1. The van der Waals surface area contributed by atoms with Gasteiger partial charge in [-0.15, -0.1) is 11.4 Å². The predicted molar refractivity (Wildman–Crippen MR) is 133 cm³/mol. The number of hydrogen-bond acceptors (Lipinski definition) is 4. The number of halogens is 4. The van der Waals surface area contributed by atoms with Crippen molar-refractivity contribution in [2.24, 2.45) is 5.92 Å². The molecule has 3 rings (SSSR count). The second kappa shape index (κ2) is 14.4. The SMILES string of the molecule is C=C/C=C(\C=C(/C)NC(=O)C1CC1)Oc1ccc([N-]c2cc(N)cc(C(F)(F)F)c2)cc1F.CS.[Y]. The minimum atomic E-state index is -4.58. The summed E-state index contributed by atoms with van der Waals surface area (Å²) in [5.74, 6) is -0.730. The molecule has 1 saturated carbocycles. The van der Waals surface area contributed by atoms with E-state index in [4.69, 9.17) is 10.5 Å². The number of amides is 1. The van der Waals surface area contributed by atoms with Crippen molar-refractivity contribution >= 4 is 35.6 Å². The molecule has 2 aromatic rings. The molecule has 1 aliphatic carbocycles. The Hall–Kier alpha value is -2.30. The average molecular weight is 597 g/mol. The molecule has 191 valence electrons. The van der Waals surface area contributed by atoms with E-state index in [2.05, 4.69) is 29.8 Å². The molecule has 0 atom stereocenters. The first-order valence-corrected chi connectivity index (χ1v) is 11.4. The van der Waals surface area contributed by atoms with Crippen LogP contribution in [-0.4, -0.2) is 12.2 Å². The number of thiol groups is 1. The van der Waals surface area contributed by atoms with Gasteiger partial charge >= 0.3 is 6.18 Å². The Morgan fingerprint density at radius 2 is 1.86 bits per heavy atom. The molecule has 11 heteroatoms. The van der Waals surface area contributed by atoms with Gasteiger partial charge < -0.3 is 21.1 Å². The van der Waals surface area contributed by atoms with Crippen molar-refractivity contribution in [1.82, 2.24) is 5.32 Å². The molecule has 36 heavy (non-hydrogen) atoms. The maximum Gasteiger partial charge on any atom is 0.416 e. The summed E-state index contributed by atoms with van der Waals surface area (Å²) in [4.78, 5) is 11.9. The molecular weight excluding hydrogens is 571 g/mol. The monoisotopic (exact) mass is 597 g/mol. The van der Waals surface area contributed by atoms with E-state index in [0.717, 1.165) is 31.0 Å². The smallest absolute Gasteiger partial charge is 0.416 e. The van der Waals surface area contributed by atoms with E-state index in [0.29, 0.717) is 5.70 Å². The molecule has 0 unspecified atom stereocenters. The van der Waals surface area contributed by atoms with Crippen LogP contribution in [0.15, 0.2) is 72.7 Å². The van der Waals surface area contributed by atoms with E-state index < -0.39 is 17.6 Å². The zero-order valence-electron chi connectivity index (χ0n) is 19.8. The summed E-state index contributed by atoms with van der Waals surface area (Å²) in [5, 5.41) is 6.79. The zero-order chi connectivity index (χ0) is 26.2. The van der Waals surface area contributed by atoms with Crippen molar-refractivity contribution in [3.63, 3.8) is 0 Å². The summed E-state index contributed by atoms with van der Waals surface area (Å²) >= 11 is 3.53. The third-order valence-electron chi connectivity index (χ3n) is 4.58. The molecule has 1 fully saturated rings. The van der Waals surface area contributed by atoms with Gasteiger partial charge in [-0.3, -0.25) is 4.79 Å². The van der Waals surface area contributed by atoms with Gasteiger partial charge in [-0.25, -0.2) is 4.39 Å². The number of nitrogen functional groups attached to an aromatic ring is 1. The Morgan fingerprint density at radius 3 is 2.42 bits per heavy atom. The van der Waals surface area contributed by atoms with Crippen molar-refractivity contribution in [3.8, 4) is 5.75 Å².